The van der Waals surface area contributed by atoms with Crippen molar-refractivity contribution < 1.29 is 0 Å². The highest BCUT2D eigenvalue weighted by atomic mass is 15.1. The lowest BCUT2D eigenvalue weighted by Gasteiger charge is -2.37. The first-order chi connectivity index (χ1) is 31.3. The molecule has 0 unspecified atom stereocenters. The monoisotopic (exact) mass is 799 g/mol. The van der Waals surface area contributed by atoms with Crippen LogP contribution in [-0.2, 0) is 10.8 Å². The summed E-state index contributed by atoms with van der Waals surface area (Å²) in [4.78, 5) is 2.55. The second-order valence-corrected chi connectivity index (χ2v) is 17.1. The van der Waals surface area contributed by atoms with Gasteiger partial charge in [0.15, 0.2) is 0 Å². The Morgan fingerprint density at radius 1 is 0.254 bits per heavy atom. The zero-order valence-corrected chi connectivity index (χ0v) is 34.6. The molecule has 63 heavy (non-hydrogen) atoms. The Labute approximate surface area is 368 Å². The Morgan fingerprint density at radius 2 is 0.635 bits per heavy atom. The minimum Gasteiger partial charge on any atom is -0.310 e. The molecule has 0 aliphatic heterocycles. The van der Waals surface area contributed by atoms with Crippen LogP contribution in [0.5, 0.6) is 0 Å². The molecule has 0 N–H and O–H groups in total. The standard InChI is InChI=1S/C62H41N/c1-3-20-42(21-4-1)43-22-17-26-46(40-43)63(47-27-18-25-45(41-47)61(44-23-5-2-6-24-44)54-34-12-7-28-48(54)49-29-8-13-35-55(49)61)59-39-19-33-53-52-32-11-16-38-58(52)62(60(53)59)56-36-14-9-30-50(56)51-31-10-15-37-57(51)62/h1-41H. The van der Waals surface area contributed by atoms with Crippen molar-refractivity contribution in [2.45, 2.75) is 10.8 Å². The minimum absolute atomic E-state index is 0.531. The Balaban J connectivity index is 1.13. The molecule has 0 heterocycles. The van der Waals surface area contributed by atoms with Crippen molar-refractivity contribution in [2.75, 3.05) is 4.90 Å². The van der Waals surface area contributed by atoms with Crippen molar-refractivity contribution in [3.8, 4) is 44.5 Å². The van der Waals surface area contributed by atoms with E-state index in [1.807, 2.05) is 0 Å². The molecule has 1 spiro atoms. The molecule has 10 aromatic carbocycles. The Kier molecular flexibility index (Phi) is 7.80. The van der Waals surface area contributed by atoms with Crippen molar-refractivity contribution in [3.63, 3.8) is 0 Å². The number of anilines is 3. The summed E-state index contributed by atoms with van der Waals surface area (Å²) in [5.41, 5.74) is 22.8. The lowest BCUT2D eigenvalue weighted by Crippen LogP contribution is -2.29. The fourth-order valence-electron chi connectivity index (χ4n) is 11.8. The summed E-state index contributed by atoms with van der Waals surface area (Å²) in [6.07, 6.45) is 0. The van der Waals surface area contributed by atoms with Gasteiger partial charge in [-0.05, 0) is 114 Å². The number of rotatable bonds is 6. The molecule has 0 bridgehead atoms. The SMILES string of the molecule is c1ccc(-c2cccc(N(c3cccc(C4(c5ccccc5)c5ccccc5-c5ccccc54)c3)c3cccc4c3C3(c5ccccc5-c5ccccc53)c3ccccc3-4)c2)cc1. The van der Waals surface area contributed by atoms with Crippen LogP contribution in [0.4, 0.5) is 17.1 Å². The maximum absolute atomic E-state index is 2.55. The molecule has 0 saturated heterocycles. The molecular weight excluding hydrogens is 759 g/mol. The average Bonchev–Trinajstić information content (AvgIpc) is 3.96. The molecule has 3 aliphatic rings. The number of fused-ring (bicyclic) bond motifs is 13. The zero-order chi connectivity index (χ0) is 41.5. The van der Waals surface area contributed by atoms with Crippen molar-refractivity contribution in [3.05, 3.63) is 293 Å². The predicted octanol–water partition coefficient (Wildman–Crippen LogP) is 15.5. The minimum atomic E-state index is -0.540. The van der Waals surface area contributed by atoms with E-state index in [0.29, 0.717) is 0 Å². The molecular formula is C62H41N. The Bertz CT molecular complexity index is 3310. The second kappa shape index (κ2) is 13.8. The average molecular weight is 800 g/mol. The van der Waals surface area contributed by atoms with Gasteiger partial charge in [0.1, 0.15) is 0 Å². The maximum Gasteiger partial charge on any atom is 0.0746 e. The molecule has 1 heteroatoms. The number of benzene rings is 10. The molecule has 10 aromatic rings. The molecule has 294 valence electrons. The smallest absolute Gasteiger partial charge is 0.0746 e. The topological polar surface area (TPSA) is 3.24 Å². The van der Waals surface area contributed by atoms with Gasteiger partial charge in [0.2, 0.25) is 0 Å². The summed E-state index contributed by atoms with van der Waals surface area (Å²) in [6, 6.07) is 92.8. The van der Waals surface area contributed by atoms with Gasteiger partial charge in [0.05, 0.1) is 16.5 Å². The van der Waals surface area contributed by atoms with Crippen LogP contribution in [-0.4, -0.2) is 0 Å². The van der Waals surface area contributed by atoms with Gasteiger partial charge in [0, 0.05) is 16.9 Å². The fraction of sp³-hybridized carbons (Fsp3) is 0.0323. The van der Waals surface area contributed by atoms with Crippen LogP contribution in [0, 0.1) is 0 Å². The lowest BCUT2D eigenvalue weighted by atomic mass is 9.67. The molecule has 0 radical (unpaired) electrons. The van der Waals surface area contributed by atoms with E-state index in [2.05, 4.69) is 254 Å². The third-order valence-corrected chi connectivity index (χ3v) is 14.1. The van der Waals surface area contributed by atoms with E-state index in [9.17, 15) is 0 Å². The molecule has 0 fully saturated rings. The Hall–Kier alpha value is -8.00. The molecule has 3 aliphatic carbocycles. The number of hydrogen-bond donors (Lipinski definition) is 0. The molecule has 0 atom stereocenters. The summed E-state index contributed by atoms with van der Waals surface area (Å²) in [7, 11) is 0. The highest BCUT2D eigenvalue weighted by molar-refractivity contribution is 6.00. The van der Waals surface area contributed by atoms with E-state index >= 15 is 0 Å². The number of nitrogens with zero attached hydrogens (tertiary/aromatic N) is 1. The van der Waals surface area contributed by atoms with Crippen LogP contribution in [0.25, 0.3) is 44.5 Å². The molecule has 0 aromatic heterocycles. The van der Waals surface area contributed by atoms with Gasteiger partial charge >= 0.3 is 0 Å². The van der Waals surface area contributed by atoms with Gasteiger partial charge in [-0.25, -0.2) is 0 Å². The van der Waals surface area contributed by atoms with Crippen molar-refractivity contribution in [1.82, 2.24) is 0 Å². The highest BCUT2D eigenvalue weighted by Gasteiger charge is 2.53. The number of hydrogen-bond acceptors (Lipinski definition) is 1. The van der Waals surface area contributed by atoms with Crippen molar-refractivity contribution in [2.24, 2.45) is 0 Å². The van der Waals surface area contributed by atoms with Crippen LogP contribution in [0.15, 0.2) is 249 Å². The van der Waals surface area contributed by atoms with Crippen LogP contribution < -0.4 is 4.90 Å². The molecule has 0 saturated carbocycles. The van der Waals surface area contributed by atoms with E-state index < -0.39 is 10.8 Å². The summed E-state index contributed by atoms with van der Waals surface area (Å²) in [5.74, 6) is 0. The first-order valence-electron chi connectivity index (χ1n) is 22.0. The zero-order valence-electron chi connectivity index (χ0n) is 34.6. The van der Waals surface area contributed by atoms with Gasteiger partial charge in [0.25, 0.3) is 0 Å². The summed E-state index contributed by atoms with van der Waals surface area (Å²) >= 11 is 0. The third-order valence-electron chi connectivity index (χ3n) is 14.1. The van der Waals surface area contributed by atoms with Crippen molar-refractivity contribution in [1.29, 1.82) is 0 Å². The van der Waals surface area contributed by atoms with Gasteiger partial charge in [-0.15, -0.1) is 0 Å². The van der Waals surface area contributed by atoms with Crippen LogP contribution >= 0.6 is 0 Å². The second-order valence-electron chi connectivity index (χ2n) is 17.1. The fourth-order valence-corrected chi connectivity index (χ4v) is 11.8. The third kappa shape index (κ3) is 4.88. The van der Waals surface area contributed by atoms with Crippen molar-refractivity contribution >= 4 is 17.1 Å². The highest BCUT2D eigenvalue weighted by Crippen LogP contribution is 2.65. The van der Waals surface area contributed by atoms with Crippen LogP contribution in [0.3, 0.4) is 0 Å². The van der Waals surface area contributed by atoms with Crippen LogP contribution in [0.2, 0.25) is 0 Å². The van der Waals surface area contributed by atoms with E-state index in [1.165, 1.54) is 94.7 Å². The molecule has 0 amide bonds. The van der Waals surface area contributed by atoms with E-state index in [4.69, 9.17) is 0 Å². The summed E-state index contributed by atoms with van der Waals surface area (Å²) in [5, 5.41) is 0. The molecule has 13 rings (SSSR count). The lowest BCUT2D eigenvalue weighted by molar-refractivity contribution is 0.768. The summed E-state index contributed by atoms with van der Waals surface area (Å²) < 4.78 is 0. The quantitative estimate of drug-likeness (QED) is 0.162. The molecule has 1 nitrogen and oxygen atoms in total. The normalized spacial score (nSPS) is 14.0. The van der Waals surface area contributed by atoms with E-state index in [1.54, 1.807) is 0 Å². The van der Waals surface area contributed by atoms with Gasteiger partial charge in [-0.2, -0.15) is 0 Å². The Morgan fingerprint density at radius 3 is 1.19 bits per heavy atom. The van der Waals surface area contributed by atoms with E-state index in [0.717, 1.165) is 11.4 Å². The predicted molar refractivity (Wildman–Crippen MR) is 260 cm³/mol. The largest absolute Gasteiger partial charge is 0.310 e. The summed E-state index contributed by atoms with van der Waals surface area (Å²) in [6.45, 7) is 0. The van der Waals surface area contributed by atoms with Gasteiger partial charge < -0.3 is 4.90 Å². The first kappa shape index (κ1) is 35.7. The van der Waals surface area contributed by atoms with Gasteiger partial charge in [-0.3, -0.25) is 0 Å². The maximum atomic E-state index is 2.55. The van der Waals surface area contributed by atoms with Crippen LogP contribution in [0.1, 0.15) is 44.5 Å². The first-order valence-corrected chi connectivity index (χ1v) is 22.0. The van der Waals surface area contributed by atoms with Gasteiger partial charge in [-0.1, -0.05) is 218 Å². The van der Waals surface area contributed by atoms with E-state index in [-0.39, 0.29) is 0 Å².